The molecule has 6 atom stereocenters. The molecule has 5 aliphatic carbocycles. The highest BCUT2D eigenvalue weighted by molar-refractivity contribution is 6.06. The van der Waals surface area contributed by atoms with E-state index in [1.165, 1.54) is 5.57 Å². The Bertz CT molecular complexity index is 1100. The van der Waals surface area contributed by atoms with Crippen LogP contribution in [-0.4, -0.2) is 22.0 Å². The van der Waals surface area contributed by atoms with Gasteiger partial charge in [0.05, 0.1) is 5.41 Å². The number of fused-ring (bicyclic) bond motifs is 7. The second-order valence-corrected chi connectivity index (χ2v) is 12.9. The number of ketones is 1. The van der Waals surface area contributed by atoms with Crippen molar-refractivity contribution in [2.75, 3.05) is 0 Å². The first kappa shape index (κ1) is 22.7. The third-order valence-corrected chi connectivity index (χ3v) is 11.4. The molecule has 0 heterocycles. The normalized spacial score (nSPS) is 46.8. The summed E-state index contributed by atoms with van der Waals surface area (Å²) >= 11 is 0. The van der Waals surface area contributed by atoms with Crippen LogP contribution in [-0.2, 0) is 9.59 Å². The molecule has 4 heteroatoms. The first-order valence-electron chi connectivity index (χ1n) is 12.6. The van der Waals surface area contributed by atoms with E-state index in [0.717, 1.165) is 56.1 Å². The molecule has 33 heavy (non-hydrogen) atoms. The lowest BCUT2D eigenvalue weighted by atomic mass is 9.34. The van der Waals surface area contributed by atoms with Crippen molar-refractivity contribution in [2.24, 2.45) is 33.0 Å². The van der Waals surface area contributed by atoms with E-state index in [1.54, 1.807) is 6.08 Å². The fourth-order valence-electron chi connectivity index (χ4n) is 8.65. The fraction of sp³-hybridized carbons (Fsp3) is 0.655. The van der Waals surface area contributed by atoms with Gasteiger partial charge >= 0.3 is 5.97 Å². The number of aliphatic carboxylic acids is 1. The number of aliphatic hydroxyl groups excluding tert-OH is 1. The maximum Gasteiger partial charge on any atom is 0.309 e. The highest BCUT2D eigenvalue weighted by Gasteiger charge is 2.67. The van der Waals surface area contributed by atoms with Crippen molar-refractivity contribution in [3.63, 3.8) is 0 Å². The van der Waals surface area contributed by atoms with Gasteiger partial charge in [-0.15, -0.1) is 0 Å². The van der Waals surface area contributed by atoms with Gasteiger partial charge in [-0.25, -0.2) is 0 Å². The number of hydrogen-bond acceptors (Lipinski definition) is 3. The van der Waals surface area contributed by atoms with Crippen molar-refractivity contribution in [3.05, 3.63) is 46.3 Å². The maximum absolute atomic E-state index is 12.6. The predicted molar refractivity (Wildman–Crippen MR) is 129 cm³/mol. The van der Waals surface area contributed by atoms with Crippen LogP contribution in [0.5, 0.6) is 0 Å². The van der Waals surface area contributed by atoms with Gasteiger partial charge in [-0.3, -0.25) is 9.59 Å². The van der Waals surface area contributed by atoms with Crippen LogP contribution in [0.4, 0.5) is 0 Å². The van der Waals surface area contributed by atoms with Crippen molar-refractivity contribution < 1.29 is 19.8 Å². The van der Waals surface area contributed by atoms with Gasteiger partial charge in [0.1, 0.15) is 0 Å². The molecule has 0 radical (unpaired) electrons. The Balaban J connectivity index is 1.64. The predicted octanol–water partition coefficient (Wildman–Crippen LogP) is 6.70. The summed E-state index contributed by atoms with van der Waals surface area (Å²) < 4.78 is 0. The van der Waals surface area contributed by atoms with Crippen LogP contribution < -0.4 is 0 Å². The lowest BCUT2D eigenvalue weighted by Gasteiger charge is -2.70. The number of allylic oxidation sites excluding steroid dienone is 7. The van der Waals surface area contributed by atoms with E-state index in [1.807, 2.05) is 13.8 Å². The van der Waals surface area contributed by atoms with Crippen LogP contribution in [0, 0.1) is 33.0 Å². The first-order chi connectivity index (χ1) is 15.2. The number of carboxylic acid groups (broad SMARTS) is 1. The van der Waals surface area contributed by atoms with Crippen LogP contribution in [0.25, 0.3) is 0 Å². The minimum atomic E-state index is -0.655. The summed E-state index contributed by atoms with van der Waals surface area (Å²) in [6.45, 7) is 13.3. The molecule has 4 nitrogen and oxygen atoms in total. The van der Waals surface area contributed by atoms with Gasteiger partial charge in [0.2, 0.25) is 5.78 Å². The Morgan fingerprint density at radius 2 is 1.64 bits per heavy atom. The molecule has 0 aliphatic heterocycles. The summed E-state index contributed by atoms with van der Waals surface area (Å²) in [5, 5.41) is 20.3. The molecule has 5 aliphatic rings. The van der Waals surface area contributed by atoms with Crippen molar-refractivity contribution >= 4 is 11.8 Å². The Kier molecular flexibility index (Phi) is 4.48. The summed E-state index contributed by atoms with van der Waals surface area (Å²) in [7, 11) is 0. The molecule has 0 unspecified atom stereocenters. The third-order valence-electron chi connectivity index (χ3n) is 11.4. The molecule has 0 saturated heterocycles. The highest BCUT2D eigenvalue weighted by Crippen LogP contribution is 2.75. The molecule has 5 rings (SSSR count). The summed E-state index contributed by atoms with van der Waals surface area (Å²) in [4.78, 5) is 24.8. The monoisotopic (exact) mass is 450 g/mol. The summed E-state index contributed by atoms with van der Waals surface area (Å²) in [6, 6.07) is 0. The van der Waals surface area contributed by atoms with Crippen molar-refractivity contribution in [1.82, 2.24) is 0 Å². The van der Waals surface area contributed by atoms with E-state index in [4.69, 9.17) is 0 Å². The molecule has 0 spiro atoms. The number of rotatable bonds is 1. The quantitative estimate of drug-likeness (QED) is 0.466. The van der Waals surface area contributed by atoms with Crippen molar-refractivity contribution in [3.8, 4) is 0 Å². The third kappa shape index (κ3) is 2.64. The minimum absolute atomic E-state index is 0.0000746. The molecular formula is C29H38O4. The Morgan fingerprint density at radius 3 is 2.30 bits per heavy atom. The molecule has 2 N–H and O–H groups in total. The Morgan fingerprint density at radius 1 is 0.970 bits per heavy atom. The van der Waals surface area contributed by atoms with Crippen LogP contribution in [0.2, 0.25) is 0 Å². The lowest BCUT2D eigenvalue weighted by Crippen LogP contribution is -2.62. The van der Waals surface area contributed by atoms with E-state index >= 15 is 0 Å². The lowest BCUT2D eigenvalue weighted by molar-refractivity contribution is -0.178. The summed E-state index contributed by atoms with van der Waals surface area (Å²) in [5.74, 6) is -0.734. The molecule has 3 fully saturated rings. The zero-order chi connectivity index (χ0) is 24.2. The molecular weight excluding hydrogens is 412 g/mol. The number of carbonyl (C=O) groups is 2. The molecule has 0 aromatic heterocycles. The van der Waals surface area contributed by atoms with Gasteiger partial charge in [-0.1, -0.05) is 45.4 Å². The van der Waals surface area contributed by atoms with Gasteiger partial charge in [0.15, 0.2) is 5.76 Å². The number of hydrogen-bond donors (Lipinski definition) is 2. The van der Waals surface area contributed by atoms with E-state index < -0.39 is 11.4 Å². The average molecular weight is 451 g/mol. The molecule has 3 saturated carbocycles. The Labute approximate surface area is 197 Å². The van der Waals surface area contributed by atoms with Crippen LogP contribution in [0.15, 0.2) is 46.3 Å². The molecule has 0 aromatic carbocycles. The van der Waals surface area contributed by atoms with E-state index in [0.29, 0.717) is 11.5 Å². The van der Waals surface area contributed by atoms with Crippen LogP contribution in [0.1, 0.15) is 86.5 Å². The zero-order valence-corrected chi connectivity index (χ0v) is 21.0. The van der Waals surface area contributed by atoms with Gasteiger partial charge in [0, 0.05) is 11.0 Å². The number of carbonyl (C=O) groups excluding carboxylic acids is 1. The van der Waals surface area contributed by atoms with Crippen molar-refractivity contribution in [1.29, 1.82) is 0 Å². The topological polar surface area (TPSA) is 74.6 Å². The molecule has 178 valence electrons. The molecule has 0 bridgehead atoms. The highest BCUT2D eigenvalue weighted by atomic mass is 16.4. The summed E-state index contributed by atoms with van der Waals surface area (Å²) in [6.07, 6.45) is 12.7. The summed E-state index contributed by atoms with van der Waals surface area (Å²) in [5.41, 5.74) is 3.33. The SMILES string of the molecule is CC1=C(O)C(=O)C=C2C1=CC=C1[C@]2(C)CC[C@]2(C)[C@@H]3C[C@](C)(C(=O)O)CC[C@]3(C)CC[C@]12C. The van der Waals surface area contributed by atoms with Gasteiger partial charge < -0.3 is 10.2 Å². The number of aliphatic hydroxyl groups is 1. The fourth-order valence-corrected chi connectivity index (χ4v) is 8.65. The van der Waals surface area contributed by atoms with Crippen molar-refractivity contribution in [2.45, 2.75) is 86.5 Å². The van der Waals surface area contributed by atoms with Crippen LogP contribution >= 0.6 is 0 Å². The Hall–Kier alpha value is -2.10. The standard InChI is InChI=1S/C29H38O4/c1-17-18-7-8-21-27(4,19(18)15-20(30)23(17)31)12-14-29(6)22-16-26(3,24(32)33)10-9-25(22,2)11-13-28(21,29)5/h7-8,15,22,31H,9-14,16H2,1-6H3,(H,32,33)/t22-,25-,26-,27-,28-,29-/m1/s1. The van der Waals surface area contributed by atoms with Crippen LogP contribution in [0.3, 0.4) is 0 Å². The zero-order valence-electron chi connectivity index (χ0n) is 21.0. The maximum atomic E-state index is 12.6. The van der Waals surface area contributed by atoms with Gasteiger partial charge in [-0.05, 0) is 98.2 Å². The smallest absolute Gasteiger partial charge is 0.309 e. The average Bonchev–Trinajstić information content (AvgIpc) is 2.75. The largest absolute Gasteiger partial charge is 0.504 e. The molecule has 0 aromatic rings. The second-order valence-electron chi connectivity index (χ2n) is 12.9. The second kappa shape index (κ2) is 6.52. The number of carboxylic acids is 1. The van der Waals surface area contributed by atoms with E-state index in [2.05, 4.69) is 39.8 Å². The van der Waals surface area contributed by atoms with E-state index in [-0.39, 0.29) is 33.2 Å². The minimum Gasteiger partial charge on any atom is -0.504 e. The molecule has 0 amide bonds. The van der Waals surface area contributed by atoms with Gasteiger partial charge in [-0.2, -0.15) is 0 Å². The van der Waals surface area contributed by atoms with E-state index in [9.17, 15) is 19.8 Å². The van der Waals surface area contributed by atoms with Gasteiger partial charge in [0.25, 0.3) is 0 Å². The first-order valence-corrected chi connectivity index (χ1v) is 12.6.